The minimum absolute atomic E-state index is 0.0611. The van der Waals surface area contributed by atoms with E-state index in [2.05, 4.69) is 21.2 Å². The van der Waals surface area contributed by atoms with E-state index in [1.165, 1.54) is 11.3 Å². The first-order valence-corrected chi connectivity index (χ1v) is 8.68. The Bertz CT molecular complexity index is 523. The lowest BCUT2D eigenvalue weighted by molar-refractivity contribution is 0.0949. The van der Waals surface area contributed by atoms with E-state index in [-0.39, 0.29) is 23.3 Å². The molecule has 0 bridgehead atoms. The maximum atomic E-state index is 11.7. The van der Waals surface area contributed by atoms with E-state index in [9.17, 15) is 13.2 Å². The molecule has 1 amide bonds. The molecule has 2 rings (SSSR count). The summed E-state index contributed by atoms with van der Waals surface area (Å²) in [5.41, 5.74) is 0.614. The molecule has 1 fully saturated rings. The van der Waals surface area contributed by atoms with Gasteiger partial charge in [-0.15, -0.1) is 11.3 Å². The number of nitrogens with one attached hydrogen (secondary N) is 1. The maximum Gasteiger partial charge on any atom is 0.252 e. The average Bonchev–Trinajstić information content (AvgIpc) is 2.81. The lowest BCUT2D eigenvalue weighted by Gasteiger charge is -2.08. The summed E-state index contributed by atoms with van der Waals surface area (Å²) >= 11 is 4.74. The van der Waals surface area contributed by atoms with E-state index in [4.69, 9.17) is 0 Å². The predicted octanol–water partition coefficient (Wildman–Crippen LogP) is 1.68. The summed E-state index contributed by atoms with van der Waals surface area (Å²) in [5, 5.41) is 4.54. The topological polar surface area (TPSA) is 63.2 Å². The summed E-state index contributed by atoms with van der Waals surface area (Å²) in [6.07, 6.45) is 0.649. The van der Waals surface area contributed by atoms with Crippen LogP contribution in [0.4, 0.5) is 0 Å². The van der Waals surface area contributed by atoms with Crippen molar-refractivity contribution in [2.24, 2.45) is 5.92 Å². The molecule has 0 aromatic carbocycles. The van der Waals surface area contributed by atoms with Crippen molar-refractivity contribution >= 4 is 43.0 Å². The van der Waals surface area contributed by atoms with Crippen LogP contribution in [0.3, 0.4) is 0 Å². The number of halogens is 1. The molecule has 1 saturated heterocycles. The fraction of sp³-hybridized carbons (Fsp3) is 0.500. The molecular formula is C10H12BrNO3S2. The quantitative estimate of drug-likeness (QED) is 0.912. The van der Waals surface area contributed by atoms with E-state index in [0.29, 0.717) is 18.5 Å². The Morgan fingerprint density at radius 2 is 2.35 bits per heavy atom. The highest BCUT2D eigenvalue weighted by atomic mass is 79.9. The Hall–Kier alpha value is -0.400. The smallest absolute Gasteiger partial charge is 0.252 e. The highest BCUT2D eigenvalue weighted by Crippen LogP contribution is 2.21. The fourth-order valence-electron chi connectivity index (χ4n) is 1.80. The molecule has 1 N–H and O–H groups in total. The van der Waals surface area contributed by atoms with Gasteiger partial charge in [0.05, 0.1) is 20.9 Å². The van der Waals surface area contributed by atoms with Gasteiger partial charge in [0.1, 0.15) is 0 Å². The van der Waals surface area contributed by atoms with Crippen LogP contribution < -0.4 is 5.32 Å². The Balaban J connectivity index is 1.85. The number of carbonyl (C=O) groups excluding carboxylic acids is 1. The summed E-state index contributed by atoms with van der Waals surface area (Å²) in [4.78, 5) is 11.7. The molecule has 17 heavy (non-hydrogen) atoms. The summed E-state index contributed by atoms with van der Waals surface area (Å²) < 4.78 is 23.4. The lowest BCUT2D eigenvalue weighted by atomic mass is 10.1. The average molecular weight is 338 g/mol. The number of sulfone groups is 1. The van der Waals surface area contributed by atoms with Crippen LogP contribution in [-0.4, -0.2) is 32.4 Å². The Morgan fingerprint density at radius 1 is 1.59 bits per heavy atom. The molecule has 0 spiro atoms. The monoisotopic (exact) mass is 337 g/mol. The third kappa shape index (κ3) is 3.53. The van der Waals surface area contributed by atoms with Gasteiger partial charge < -0.3 is 5.32 Å². The molecule has 4 nitrogen and oxygen atoms in total. The van der Waals surface area contributed by atoms with E-state index in [0.717, 1.165) is 3.79 Å². The minimum Gasteiger partial charge on any atom is -0.352 e. The van der Waals surface area contributed by atoms with Crippen molar-refractivity contribution in [1.82, 2.24) is 5.32 Å². The van der Waals surface area contributed by atoms with Crippen LogP contribution >= 0.6 is 27.3 Å². The number of thiophene rings is 1. The first kappa shape index (κ1) is 13.0. The van der Waals surface area contributed by atoms with Crippen molar-refractivity contribution in [1.29, 1.82) is 0 Å². The zero-order chi connectivity index (χ0) is 12.5. The van der Waals surface area contributed by atoms with Gasteiger partial charge in [-0.2, -0.15) is 0 Å². The maximum absolute atomic E-state index is 11.7. The van der Waals surface area contributed by atoms with E-state index >= 15 is 0 Å². The van der Waals surface area contributed by atoms with E-state index in [1.54, 1.807) is 11.4 Å². The Labute approximate surface area is 112 Å². The van der Waals surface area contributed by atoms with E-state index < -0.39 is 9.84 Å². The Morgan fingerprint density at radius 3 is 2.88 bits per heavy atom. The summed E-state index contributed by atoms with van der Waals surface area (Å²) in [6.45, 7) is 0.436. The van der Waals surface area contributed by atoms with Crippen LogP contribution in [0.2, 0.25) is 0 Å². The molecule has 1 atom stereocenters. The van der Waals surface area contributed by atoms with Gasteiger partial charge in [-0.25, -0.2) is 8.42 Å². The number of carbonyl (C=O) groups is 1. The van der Waals surface area contributed by atoms with Crippen LogP contribution in [0.1, 0.15) is 16.8 Å². The molecule has 1 aromatic heterocycles. The fourth-order valence-corrected chi connectivity index (χ4v) is 4.80. The second-order valence-corrected chi connectivity index (χ2v) is 8.64. The largest absolute Gasteiger partial charge is 0.352 e. The lowest BCUT2D eigenvalue weighted by Crippen LogP contribution is -2.29. The zero-order valence-electron chi connectivity index (χ0n) is 8.98. The SMILES string of the molecule is O=C(NCC1CCS(=O)(=O)C1)c1csc(Br)c1. The van der Waals surface area contributed by atoms with Gasteiger partial charge in [0, 0.05) is 11.9 Å². The standard InChI is InChI=1S/C10H12BrNO3S2/c11-9-3-8(5-16-9)10(13)12-4-7-1-2-17(14,15)6-7/h3,5,7H,1-2,4,6H2,(H,12,13). The van der Waals surface area contributed by atoms with Gasteiger partial charge in [0.2, 0.25) is 0 Å². The summed E-state index contributed by atoms with van der Waals surface area (Å²) in [5.74, 6) is 0.361. The van der Waals surface area contributed by atoms with Crippen molar-refractivity contribution < 1.29 is 13.2 Å². The number of hydrogen-bond acceptors (Lipinski definition) is 4. The van der Waals surface area contributed by atoms with Crippen molar-refractivity contribution in [3.63, 3.8) is 0 Å². The summed E-state index contributed by atoms with van der Waals surface area (Å²) in [6, 6.07) is 1.76. The molecule has 1 unspecified atom stereocenters. The molecule has 0 radical (unpaired) electrons. The summed E-state index contributed by atoms with van der Waals surface area (Å²) in [7, 11) is -2.86. The molecular weight excluding hydrogens is 326 g/mol. The first-order valence-electron chi connectivity index (χ1n) is 5.19. The highest BCUT2D eigenvalue weighted by molar-refractivity contribution is 9.11. The van der Waals surface area contributed by atoms with Gasteiger partial charge in [-0.05, 0) is 34.3 Å². The van der Waals surface area contributed by atoms with Crippen LogP contribution in [0, 0.1) is 5.92 Å². The number of amides is 1. The highest BCUT2D eigenvalue weighted by Gasteiger charge is 2.27. The molecule has 7 heteroatoms. The van der Waals surface area contributed by atoms with Crippen molar-refractivity contribution in [3.05, 3.63) is 20.8 Å². The third-order valence-corrected chi connectivity index (χ3v) is 6.05. The molecule has 1 aromatic rings. The van der Waals surface area contributed by atoms with Gasteiger partial charge in [0.15, 0.2) is 9.84 Å². The van der Waals surface area contributed by atoms with Crippen molar-refractivity contribution in [2.75, 3.05) is 18.1 Å². The third-order valence-electron chi connectivity index (χ3n) is 2.71. The molecule has 0 saturated carbocycles. The van der Waals surface area contributed by atoms with E-state index in [1.807, 2.05) is 0 Å². The van der Waals surface area contributed by atoms with Crippen molar-refractivity contribution in [2.45, 2.75) is 6.42 Å². The zero-order valence-corrected chi connectivity index (χ0v) is 12.2. The van der Waals surface area contributed by atoms with Gasteiger partial charge in [0.25, 0.3) is 5.91 Å². The molecule has 94 valence electrons. The molecule has 1 aliphatic rings. The second kappa shape index (κ2) is 5.07. The molecule has 2 heterocycles. The normalized spacial score (nSPS) is 22.5. The van der Waals surface area contributed by atoms with Gasteiger partial charge >= 0.3 is 0 Å². The Kier molecular flexibility index (Phi) is 3.89. The van der Waals surface area contributed by atoms with Crippen LogP contribution in [0.5, 0.6) is 0 Å². The van der Waals surface area contributed by atoms with Gasteiger partial charge in [-0.1, -0.05) is 0 Å². The van der Waals surface area contributed by atoms with Crippen LogP contribution in [0.25, 0.3) is 0 Å². The predicted molar refractivity (Wildman–Crippen MR) is 71.1 cm³/mol. The second-order valence-electron chi connectivity index (χ2n) is 4.12. The molecule has 1 aliphatic heterocycles. The van der Waals surface area contributed by atoms with Gasteiger partial charge in [-0.3, -0.25) is 4.79 Å². The first-order chi connectivity index (χ1) is 7.96. The molecule has 0 aliphatic carbocycles. The number of hydrogen-bond donors (Lipinski definition) is 1. The van der Waals surface area contributed by atoms with Crippen LogP contribution in [-0.2, 0) is 9.84 Å². The van der Waals surface area contributed by atoms with Crippen LogP contribution in [0.15, 0.2) is 15.2 Å². The minimum atomic E-state index is -2.86. The number of rotatable bonds is 3. The van der Waals surface area contributed by atoms with Crippen molar-refractivity contribution in [3.8, 4) is 0 Å².